The molecular formula is C6H13NO2S. The monoisotopic (exact) mass is 163 g/mol. The maximum absolute atomic E-state index is 10.5. The molecule has 0 aromatic heterocycles. The Kier molecular flexibility index (Phi) is 6.74. The largest absolute Gasteiger partial charge is 0.469 e. The van der Waals surface area contributed by atoms with Gasteiger partial charge in [-0.05, 0) is 0 Å². The van der Waals surface area contributed by atoms with Crippen molar-refractivity contribution in [2.45, 2.75) is 6.42 Å². The fourth-order valence-electron chi connectivity index (χ4n) is 0.497. The van der Waals surface area contributed by atoms with E-state index in [4.69, 9.17) is 0 Å². The Bertz CT molecular complexity index is 97.7. The smallest absolute Gasteiger partial charge is 0.306 e. The van der Waals surface area contributed by atoms with Crippen LogP contribution >= 0.6 is 12.6 Å². The highest BCUT2D eigenvalue weighted by Crippen LogP contribution is 1.80. The van der Waals surface area contributed by atoms with Crippen LogP contribution in [0.25, 0.3) is 0 Å². The third kappa shape index (κ3) is 5.91. The zero-order valence-electron chi connectivity index (χ0n) is 6.09. The molecule has 0 aliphatic heterocycles. The summed E-state index contributed by atoms with van der Waals surface area (Å²) in [4.78, 5) is 10.5. The molecule has 60 valence electrons. The zero-order chi connectivity index (χ0) is 7.82. The minimum Gasteiger partial charge on any atom is -0.469 e. The van der Waals surface area contributed by atoms with Gasteiger partial charge in [-0.2, -0.15) is 12.6 Å². The zero-order valence-corrected chi connectivity index (χ0v) is 6.99. The van der Waals surface area contributed by atoms with Crippen LogP contribution in [0.4, 0.5) is 0 Å². The van der Waals surface area contributed by atoms with Crippen LogP contribution in [0, 0.1) is 0 Å². The number of ether oxygens (including phenoxy) is 1. The van der Waals surface area contributed by atoms with E-state index >= 15 is 0 Å². The van der Waals surface area contributed by atoms with Gasteiger partial charge in [-0.25, -0.2) is 0 Å². The van der Waals surface area contributed by atoms with Gasteiger partial charge in [0.15, 0.2) is 0 Å². The minimum atomic E-state index is -0.174. The summed E-state index contributed by atoms with van der Waals surface area (Å²) >= 11 is 3.99. The fraction of sp³-hybridized carbons (Fsp3) is 0.833. The summed E-state index contributed by atoms with van der Waals surface area (Å²) in [6.07, 6.45) is 0.435. The lowest BCUT2D eigenvalue weighted by Gasteiger charge is -1.99. The molecule has 0 unspecified atom stereocenters. The van der Waals surface area contributed by atoms with Crippen molar-refractivity contribution in [1.29, 1.82) is 0 Å². The molecule has 0 saturated carbocycles. The summed E-state index contributed by atoms with van der Waals surface area (Å²) in [5.74, 6) is 0.618. The first-order chi connectivity index (χ1) is 4.81. The van der Waals surface area contributed by atoms with Crippen LogP contribution in [-0.4, -0.2) is 31.9 Å². The van der Waals surface area contributed by atoms with Gasteiger partial charge < -0.3 is 10.1 Å². The number of nitrogens with one attached hydrogen (secondary N) is 1. The van der Waals surface area contributed by atoms with Crippen LogP contribution < -0.4 is 5.32 Å². The van der Waals surface area contributed by atoms with Crippen molar-refractivity contribution in [3.63, 3.8) is 0 Å². The molecule has 0 saturated heterocycles. The van der Waals surface area contributed by atoms with Gasteiger partial charge >= 0.3 is 5.97 Å². The second-order valence-electron chi connectivity index (χ2n) is 1.80. The molecule has 0 spiro atoms. The lowest BCUT2D eigenvalue weighted by Crippen LogP contribution is -2.20. The molecule has 0 fully saturated rings. The summed E-state index contributed by atoms with van der Waals surface area (Å²) in [7, 11) is 1.39. The van der Waals surface area contributed by atoms with E-state index in [1.807, 2.05) is 0 Å². The van der Waals surface area contributed by atoms with Crippen molar-refractivity contribution < 1.29 is 9.53 Å². The number of rotatable bonds is 5. The van der Waals surface area contributed by atoms with Crippen molar-refractivity contribution in [3.8, 4) is 0 Å². The first-order valence-electron chi connectivity index (χ1n) is 3.19. The predicted molar refractivity (Wildman–Crippen MR) is 43.4 cm³/mol. The molecule has 0 heterocycles. The van der Waals surface area contributed by atoms with Gasteiger partial charge in [0.1, 0.15) is 0 Å². The maximum Gasteiger partial charge on any atom is 0.306 e. The Morgan fingerprint density at radius 3 is 2.80 bits per heavy atom. The average molecular weight is 163 g/mol. The van der Waals surface area contributed by atoms with Crippen molar-refractivity contribution in [2.24, 2.45) is 0 Å². The Hall–Kier alpha value is -0.220. The van der Waals surface area contributed by atoms with Gasteiger partial charge in [0.2, 0.25) is 0 Å². The molecule has 0 aliphatic rings. The molecule has 1 N–H and O–H groups in total. The van der Waals surface area contributed by atoms with Crippen molar-refractivity contribution in [3.05, 3.63) is 0 Å². The van der Waals surface area contributed by atoms with Crippen molar-refractivity contribution >= 4 is 18.6 Å². The molecule has 0 radical (unpaired) electrons. The first-order valence-corrected chi connectivity index (χ1v) is 3.83. The summed E-state index contributed by atoms with van der Waals surface area (Å²) in [6.45, 7) is 1.51. The first kappa shape index (κ1) is 9.78. The standard InChI is InChI=1S/C6H13NO2S/c1-9-6(8)2-3-7-4-5-10/h7,10H,2-5H2,1H3. The van der Waals surface area contributed by atoms with Crippen LogP contribution in [0.15, 0.2) is 0 Å². The van der Waals surface area contributed by atoms with E-state index < -0.39 is 0 Å². The topological polar surface area (TPSA) is 38.3 Å². The highest BCUT2D eigenvalue weighted by Gasteiger charge is 1.96. The van der Waals surface area contributed by atoms with Gasteiger partial charge in [-0.3, -0.25) is 4.79 Å². The molecule has 0 aromatic carbocycles. The van der Waals surface area contributed by atoms with Gasteiger partial charge in [0, 0.05) is 18.8 Å². The number of carbonyl (C=O) groups excluding carboxylic acids is 1. The van der Waals surface area contributed by atoms with E-state index in [1.54, 1.807) is 0 Å². The van der Waals surface area contributed by atoms with Crippen LogP contribution in [0.5, 0.6) is 0 Å². The van der Waals surface area contributed by atoms with E-state index in [2.05, 4.69) is 22.7 Å². The van der Waals surface area contributed by atoms with Gasteiger partial charge in [0.25, 0.3) is 0 Å². The molecular weight excluding hydrogens is 150 g/mol. The molecule has 0 rings (SSSR count). The van der Waals surface area contributed by atoms with Crippen LogP contribution in [0.2, 0.25) is 0 Å². The molecule has 0 atom stereocenters. The van der Waals surface area contributed by atoms with E-state index in [9.17, 15) is 4.79 Å². The summed E-state index contributed by atoms with van der Waals surface area (Å²) in [5, 5.41) is 3.02. The molecule has 4 heteroatoms. The lowest BCUT2D eigenvalue weighted by molar-refractivity contribution is -0.140. The minimum absolute atomic E-state index is 0.174. The molecule has 0 aliphatic carbocycles. The number of carbonyl (C=O) groups is 1. The predicted octanol–water partition coefficient (Wildman–Crippen LogP) is 0.0689. The van der Waals surface area contributed by atoms with E-state index in [-0.39, 0.29) is 5.97 Å². The highest BCUT2D eigenvalue weighted by molar-refractivity contribution is 7.80. The number of esters is 1. The van der Waals surface area contributed by atoms with E-state index in [1.165, 1.54) is 7.11 Å². The van der Waals surface area contributed by atoms with Gasteiger partial charge in [-0.1, -0.05) is 0 Å². The molecule has 0 bridgehead atoms. The number of methoxy groups -OCH3 is 1. The molecule has 3 nitrogen and oxygen atoms in total. The Morgan fingerprint density at radius 2 is 2.30 bits per heavy atom. The third-order valence-corrected chi connectivity index (χ3v) is 1.25. The van der Waals surface area contributed by atoms with E-state index in [0.29, 0.717) is 13.0 Å². The van der Waals surface area contributed by atoms with E-state index in [0.717, 1.165) is 12.3 Å². The van der Waals surface area contributed by atoms with Gasteiger partial charge in [0.05, 0.1) is 13.5 Å². The van der Waals surface area contributed by atoms with Crippen molar-refractivity contribution in [1.82, 2.24) is 5.32 Å². The lowest BCUT2D eigenvalue weighted by atomic mass is 10.4. The number of hydrogen-bond acceptors (Lipinski definition) is 4. The fourth-order valence-corrected chi connectivity index (χ4v) is 0.655. The number of hydrogen-bond donors (Lipinski definition) is 2. The Morgan fingerprint density at radius 1 is 1.60 bits per heavy atom. The quantitative estimate of drug-likeness (QED) is 0.342. The van der Waals surface area contributed by atoms with Crippen LogP contribution in [0.1, 0.15) is 6.42 Å². The average Bonchev–Trinajstić information content (AvgIpc) is 1.98. The molecule has 0 aromatic rings. The highest BCUT2D eigenvalue weighted by atomic mass is 32.1. The second kappa shape index (κ2) is 6.89. The summed E-state index contributed by atoms with van der Waals surface area (Å²) < 4.78 is 4.43. The van der Waals surface area contributed by atoms with Crippen molar-refractivity contribution in [2.75, 3.05) is 26.0 Å². The number of thiol groups is 1. The SMILES string of the molecule is COC(=O)CCNCCS. The Labute approximate surface area is 66.5 Å². The normalized spacial score (nSPS) is 9.40. The second-order valence-corrected chi connectivity index (χ2v) is 2.25. The molecule has 10 heavy (non-hydrogen) atoms. The maximum atomic E-state index is 10.5. The van der Waals surface area contributed by atoms with Gasteiger partial charge in [-0.15, -0.1) is 0 Å². The third-order valence-electron chi connectivity index (χ3n) is 1.02. The summed E-state index contributed by atoms with van der Waals surface area (Å²) in [5.41, 5.74) is 0. The Balaban J connectivity index is 2.96. The molecule has 0 amide bonds. The van der Waals surface area contributed by atoms with Crippen LogP contribution in [-0.2, 0) is 9.53 Å². The summed E-state index contributed by atoms with van der Waals surface area (Å²) in [6, 6.07) is 0. The van der Waals surface area contributed by atoms with Crippen LogP contribution in [0.3, 0.4) is 0 Å².